The van der Waals surface area contributed by atoms with E-state index in [2.05, 4.69) is 15.3 Å². The molecule has 0 saturated heterocycles. The second-order valence-electron chi connectivity index (χ2n) is 8.81. The summed E-state index contributed by atoms with van der Waals surface area (Å²) in [5, 5.41) is 6.80. The molecule has 2 aromatic heterocycles. The third kappa shape index (κ3) is 5.65. The number of fused-ring (bicyclic) bond motifs is 1. The molecule has 206 valence electrons. The smallest absolute Gasteiger partial charge is 0.257 e. The third-order valence-corrected chi connectivity index (χ3v) is 6.32. The number of halogens is 1. The molecule has 1 N–H and O–H groups in total. The summed E-state index contributed by atoms with van der Waals surface area (Å²) in [5.41, 5.74) is 2.49. The van der Waals surface area contributed by atoms with Gasteiger partial charge in [-0.2, -0.15) is 5.17 Å². The van der Waals surface area contributed by atoms with Crippen LogP contribution < -0.4 is 20.0 Å². The Hall–Kier alpha value is -4.74. The van der Waals surface area contributed by atoms with Crippen LogP contribution in [0.25, 0.3) is 10.9 Å². The van der Waals surface area contributed by atoms with Crippen LogP contribution in [0.5, 0.6) is 17.2 Å². The molecule has 1 aliphatic rings. The Morgan fingerprint density at radius 1 is 1.07 bits per heavy atom. The van der Waals surface area contributed by atoms with Crippen molar-refractivity contribution in [2.75, 3.05) is 44.5 Å². The first kappa shape index (κ1) is 26.9. The van der Waals surface area contributed by atoms with E-state index >= 15 is 4.39 Å². The molecule has 4 aromatic rings. The molecule has 0 saturated carbocycles. The number of ether oxygens (including phenoxy) is 3. The number of carbonyl (C=O) groups excluding carboxylic acids is 1. The molecule has 1 amide bonds. The normalized spacial score (nSPS) is 13.5. The van der Waals surface area contributed by atoms with Crippen molar-refractivity contribution in [3.63, 3.8) is 0 Å². The van der Waals surface area contributed by atoms with Gasteiger partial charge in [-0.3, -0.25) is 14.8 Å². The topological polar surface area (TPSA) is 98.3 Å². The predicted molar refractivity (Wildman–Crippen MR) is 147 cm³/mol. The lowest BCUT2D eigenvalue weighted by atomic mass is 10.2. The first-order valence-electron chi connectivity index (χ1n) is 12.5. The number of carbonyl (C=O) groups is 1. The number of aromatic nitrogens is 2. The Bertz CT molecular complexity index is 1550. The van der Waals surface area contributed by atoms with Gasteiger partial charge in [-0.05, 0) is 37.3 Å². The number of hydrogen-bond acceptors (Lipinski definition) is 9. The number of hydrazine groups is 1. The Morgan fingerprint density at radius 2 is 1.90 bits per heavy atom. The van der Waals surface area contributed by atoms with Crippen molar-refractivity contribution in [2.24, 2.45) is 0 Å². The van der Waals surface area contributed by atoms with E-state index in [0.29, 0.717) is 46.8 Å². The molecular weight excluding hydrogens is 517 g/mol. The fraction of sp³-hybridized carbons (Fsp3) is 0.207. The highest BCUT2D eigenvalue weighted by Gasteiger charge is 2.29. The summed E-state index contributed by atoms with van der Waals surface area (Å²) in [7, 11) is 3.17. The van der Waals surface area contributed by atoms with Crippen molar-refractivity contribution >= 4 is 28.3 Å². The molecule has 3 heterocycles. The molecule has 0 fully saturated rings. The number of pyridine rings is 2. The number of nitrogens with one attached hydrogen (secondary N) is 1. The van der Waals surface area contributed by atoms with E-state index in [1.807, 2.05) is 42.3 Å². The Kier molecular flexibility index (Phi) is 8.04. The molecule has 0 spiro atoms. The number of hydrogen-bond donors (Lipinski definition) is 1. The lowest BCUT2D eigenvalue weighted by Crippen LogP contribution is -2.48. The van der Waals surface area contributed by atoms with Crippen LogP contribution in [0, 0.1) is 5.82 Å². The molecule has 2 aromatic carbocycles. The highest BCUT2D eigenvalue weighted by molar-refractivity contribution is 6.04. The molecule has 5 rings (SSSR count). The molecule has 40 heavy (non-hydrogen) atoms. The standard InChI is InChI=1S/C29H28FN5O5/c1-19-23(18-39-35(34(19)13-14-37-2)20-7-5-4-6-8-20)29(36)33-28-16-24(30)27(17-32-28)40-26-11-12-31-25-15-21(38-3)9-10-22(25)26/h4-12,15-17H,13-14,18H2,1-3H3,(H,32,33,36). The summed E-state index contributed by atoms with van der Waals surface area (Å²) < 4.78 is 31.3. The molecule has 0 bridgehead atoms. The van der Waals surface area contributed by atoms with Crippen LogP contribution in [0.3, 0.4) is 0 Å². The zero-order chi connectivity index (χ0) is 28.1. The van der Waals surface area contributed by atoms with Gasteiger partial charge in [0, 0.05) is 36.5 Å². The third-order valence-electron chi connectivity index (χ3n) is 6.32. The van der Waals surface area contributed by atoms with E-state index in [4.69, 9.17) is 19.0 Å². The van der Waals surface area contributed by atoms with Crippen molar-refractivity contribution in [3.8, 4) is 17.2 Å². The Balaban J connectivity index is 1.33. The summed E-state index contributed by atoms with van der Waals surface area (Å²) in [4.78, 5) is 27.6. The molecule has 0 unspecified atom stereocenters. The molecule has 11 heteroatoms. The van der Waals surface area contributed by atoms with Gasteiger partial charge < -0.3 is 19.5 Å². The van der Waals surface area contributed by atoms with Gasteiger partial charge in [-0.1, -0.05) is 18.2 Å². The predicted octanol–water partition coefficient (Wildman–Crippen LogP) is 5.10. The zero-order valence-electron chi connectivity index (χ0n) is 22.3. The molecule has 0 radical (unpaired) electrons. The SMILES string of the molecule is COCCN1C(C)=C(C(=O)Nc2cc(F)c(Oc3ccnc4cc(OC)ccc34)cn2)CON1c1ccccc1. The van der Waals surface area contributed by atoms with Gasteiger partial charge in [0.05, 0.1) is 43.2 Å². The lowest BCUT2D eigenvalue weighted by molar-refractivity contribution is -0.115. The Morgan fingerprint density at radius 3 is 2.65 bits per heavy atom. The summed E-state index contributed by atoms with van der Waals surface area (Å²) in [6.45, 7) is 2.69. The van der Waals surface area contributed by atoms with E-state index in [-0.39, 0.29) is 18.2 Å². The molecule has 0 atom stereocenters. The average molecular weight is 546 g/mol. The highest BCUT2D eigenvalue weighted by atomic mass is 19.1. The van der Waals surface area contributed by atoms with Crippen molar-refractivity contribution in [1.29, 1.82) is 0 Å². The van der Waals surface area contributed by atoms with Crippen LogP contribution in [0.4, 0.5) is 15.9 Å². The monoisotopic (exact) mass is 545 g/mol. The first-order valence-corrected chi connectivity index (χ1v) is 12.5. The van der Waals surface area contributed by atoms with Gasteiger partial charge in [0.1, 0.15) is 23.9 Å². The number of nitrogens with zero attached hydrogens (tertiary/aromatic N) is 4. The van der Waals surface area contributed by atoms with E-state index < -0.39 is 11.7 Å². The number of para-hydroxylation sites is 1. The molecule has 1 aliphatic heterocycles. The fourth-order valence-electron chi connectivity index (χ4n) is 4.22. The quantitative estimate of drug-likeness (QED) is 0.308. The molecule has 0 aliphatic carbocycles. The number of amides is 1. The van der Waals surface area contributed by atoms with Crippen molar-refractivity contribution < 1.29 is 28.2 Å². The van der Waals surface area contributed by atoms with Crippen LogP contribution in [0.2, 0.25) is 0 Å². The first-order chi connectivity index (χ1) is 19.5. The van der Waals surface area contributed by atoms with Gasteiger partial charge in [0.15, 0.2) is 11.6 Å². The number of benzene rings is 2. The van der Waals surface area contributed by atoms with Gasteiger partial charge in [0.2, 0.25) is 0 Å². The van der Waals surface area contributed by atoms with Gasteiger partial charge >= 0.3 is 0 Å². The minimum Gasteiger partial charge on any atom is -0.497 e. The highest BCUT2D eigenvalue weighted by Crippen LogP contribution is 2.32. The van der Waals surface area contributed by atoms with Gasteiger partial charge in [-0.15, -0.1) is 0 Å². The van der Waals surface area contributed by atoms with Crippen molar-refractivity contribution in [2.45, 2.75) is 6.92 Å². The maximum absolute atomic E-state index is 15.0. The number of rotatable bonds is 9. The van der Waals surface area contributed by atoms with E-state index in [1.54, 1.807) is 49.9 Å². The minimum atomic E-state index is -0.689. The second kappa shape index (κ2) is 12.0. The van der Waals surface area contributed by atoms with Crippen LogP contribution in [-0.4, -0.2) is 54.9 Å². The maximum atomic E-state index is 15.0. The van der Waals surface area contributed by atoms with Crippen LogP contribution in [-0.2, 0) is 14.4 Å². The molecule has 10 nitrogen and oxygen atoms in total. The summed E-state index contributed by atoms with van der Waals surface area (Å²) in [6, 6.07) is 17.6. The van der Waals surface area contributed by atoms with E-state index in [1.165, 1.54) is 6.20 Å². The maximum Gasteiger partial charge on any atom is 0.257 e. The number of anilines is 2. The van der Waals surface area contributed by atoms with Crippen LogP contribution in [0.1, 0.15) is 6.92 Å². The van der Waals surface area contributed by atoms with Crippen LogP contribution >= 0.6 is 0 Å². The van der Waals surface area contributed by atoms with Crippen molar-refractivity contribution in [3.05, 3.63) is 90.1 Å². The second-order valence-corrected chi connectivity index (χ2v) is 8.81. The summed E-state index contributed by atoms with van der Waals surface area (Å²) in [6.07, 6.45) is 2.79. The van der Waals surface area contributed by atoms with Gasteiger partial charge in [0.25, 0.3) is 5.91 Å². The fourth-order valence-corrected chi connectivity index (χ4v) is 4.22. The minimum absolute atomic E-state index is 0.0135. The Labute approximate surface area is 230 Å². The van der Waals surface area contributed by atoms with E-state index in [9.17, 15) is 4.79 Å². The van der Waals surface area contributed by atoms with Gasteiger partial charge in [-0.25, -0.2) is 14.2 Å². The number of allylic oxidation sites excluding steroid dienone is 1. The van der Waals surface area contributed by atoms with Crippen LogP contribution in [0.15, 0.2) is 84.3 Å². The zero-order valence-corrected chi connectivity index (χ0v) is 22.3. The van der Waals surface area contributed by atoms with Crippen molar-refractivity contribution in [1.82, 2.24) is 15.0 Å². The number of methoxy groups -OCH3 is 2. The summed E-state index contributed by atoms with van der Waals surface area (Å²) >= 11 is 0. The van der Waals surface area contributed by atoms with E-state index in [0.717, 1.165) is 11.8 Å². The largest absolute Gasteiger partial charge is 0.497 e. The average Bonchev–Trinajstić information content (AvgIpc) is 2.98. The summed E-state index contributed by atoms with van der Waals surface area (Å²) in [5.74, 6) is -0.151. The molecular formula is C29H28FN5O5. The lowest BCUT2D eigenvalue weighted by Gasteiger charge is -2.41.